The first-order valence-corrected chi connectivity index (χ1v) is 11.3. The van der Waals surface area contributed by atoms with E-state index in [0.29, 0.717) is 38.9 Å². The van der Waals surface area contributed by atoms with Gasteiger partial charge in [0.25, 0.3) is 11.5 Å². The number of carbonyl (C=O) groups is 1. The summed E-state index contributed by atoms with van der Waals surface area (Å²) in [6.45, 7) is 6.30. The van der Waals surface area contributed by atoms with E-state index in [0.717, 1.165) is 5.56 Å². The Morgan fingerprint density at radius 2 is 1.94 bits per heavy atom. The lowest BCUT2D eigenvalue weighted by Gasteiger charge is -2.29. The molecule has 1 unspecified atom stereocenters. The van der Waals surface area contributed by atoms with Crippen LogP contribution in [0.2, 0.25) is 5.02 Å². The van der Waals surface area contributed by atoms with Crippen LogP contribution < -0.4 is 5.56 Å². The van der Waals surface area contributed by atoms with Gasteiger partial charge >= 0.3 is 0 Å². The van der Waals surface area contributed by atoms with Crippen LogP contribution in [0.1, 0.15) is 40.9 Å². The predicted octanol–water partition coefficient (Wildman–Crippen LogP) is 5.63. The summed E-state index contributed by atoms with van der Waals surface area (Å²) in [5.41, 5.74) is 2.13. The van der Waals surface area contributed by atoms with Crippen LogP contribution in [-0.2, 0) is 0 Å². The Kier molecular flexibility index (Phi) is 5.94. The number of carbonyl (C=O) groups excluding carboxylic acids is 1. The number of hydrogen-bond donors (Lipinski definition) is 0. The van der Waals surface area contributed by atoms with Crippen LogP contribution in [0.5, 0.6) is 0 Å². The first-order chi connectivity index (χ1) is 14.9. The van der Waals surface area contributed by atoms with Crippen molar-refractivity contribution < 1.29 is 4.79 Å². The van der Waals surface area contributed by atoms with Crippen LogP contribution in [0.4, 0.5) is 0 Å². The van der Waals surface area contributed by atoms with E-state index in [-0.39, 0.29) is 11.5 Å². The molecule has 1 atom stereocenters. The molecule has 0 spiro atoms. The quantitative estimate of drug-likeness (QED) is 0.395. The number of amides is 1. The van der Waals surface area contributed by atoms with Crippen molar-refractivity contribution in [1.29, 1.82) is 0 Å². The highest BCUT2D eigenvalue weighted by Gasteiger charge is 2.27. The van der Waals surface area contributed by atoms with E-state index in [2.05, 4.69) is 0 Å². The lowest BCUT2D eigenvalue weighted by Crippen LogP contribution is -2.37. The Morgan fingerprint density at radius 3 is 2.58 bits per heavy atom. The molecule has 0 aliphatic rings. The number of fused-ring (bicyclic) bond motifs is 1. The number of benzene rings is 2. The lowest BCUT2D eigenvalue weighted by molar-refractivity contribution is 0.0698. The first kappa shape index (κ1) is 21.3. The van der Waals surface area contributed by atoms with Gasteiger partial charge < -0.3 is 4.90 Å². The number of aryl methyl sites for hydroxylation is 1. The molecule has 158 valence electrons. The maximum Gasteiger partial charge on any atom is 0.266 e. The van der Waals surface area contributed by atoms with E-state index in [1.807, 2.05) is 62.5 Å². The zero-order valence-electron chi connectivity index (χ0n) is 17.5. The maximum absolute atomic E-state index is 13.5. The normalized spacial score (nSPS) is 12.1. The second-order valence-corrected chi connectivity index (χ2v) is 8.74. The topological polar surface area (TPSA) is 55.2 Å². The molecular weight excluding hydrogens is 430 g/mol. The van der Waals surface area contributed by atoms with Gasteiger partial charge in [-0.15, -0.1) is 11.3 Å². The van der Waals surface area contributed by atoms with Gasteiger partial charge in [0, 0.05) is 11.6 Å². The molecule has 0 aliphatic carbocycles. The number of thiophene rings is 1. The number of nitrogens with zero attached hydrogens (tertiary/aromatic N) is 3. The van der Waals surface area contributed by atoms with Gasteiger partial charge in [0.2, 0.25) is 0 Å². The van der Waals surface area contributed by atoms with Crippen molar-refractivity contribution in [1.82, 2.24) is 14.5 Å². The molecule has 0 saturated heterocycles. The Hall–Kier alpha value is -2.96. The van der Waals surface area contributed by atoms with E-state index in [1.54, 1.807) is 27.7 Å². The average molecular weight is 452 g/mol. The summed E-state index contributed by atoms with van der Waals surface area (Å²) in [7, 11) is 0. The van der Waals surface area contributed by atoms with Crippen molar-refractivity contribution >= 4 is 39.7 Å². The lowest BCUT2D eigenvalue weighted by atomic mass is 10.1. The minimum Gasteiger partial charge on any atom is -0.328 e. The molecule has 0 aliphatic heterocycles. The highest BCUT2D eigenvalue weighted by atomic mass is 35.5. The molecule has 5 nitrogen and oxygen atoms in total. The minimum absolute atomic E-state index is 0.0825. The molecule has 0 bridgehead atoms. The Morgan fingerprint density at radius 1 is 1.19 bits per heavy atom. The standard InChI is InChI=1S/C24H22ClN3O2S/c1-4-27(24(30)21-6-5-13-31-21)16(3)22-26-20-14-17(25)9-12-19(20)23(29)28(22)18-10-7-15(2)8-11-18/h5-14,16H,4H2,1-3H3. The van der Waals surface area contributed by atoms with Gasteiger partial charge in [-0.05, 0) is 62.5 Å². The van der Waals surface area contributed by atoms with E-state index in [9.17, 15) is 9.59 Å². The van der Waals surface area contributed by atoms with E-state index in [1.165, 1.54) is 11.3 Å². The fraction of sp³-hybridized carbons (Fsp3) is 0.208. The summed E-state index contributed by atoms with van der Waals surface area (Å²) < 4.78 is 1.60. The summed E-state index contributed by atoms with van der Waals surface area (Å²) in [6, 6.07) is 16.0. The second-order valence-electron chi connectivity index (χ2n) is 7.35. The van der Waals surface area contributed by atoms with Crippen LogP contribution in [0.15, 0.2) is 64.8 Å². The summed E-state index contributed by atoms with van der Waals surface area (Å²) >= 11 is 7.57. The van der Waals surface area contributed by atoms with Gasteiger partial charge in [0.15, 0.2) is 0 Å². The van der Waals surface area contributed by atoms with Crippen molar-refractivity contribution in [3.8, 4) is 5.69 Å². The molecule has 0 fully saturated rings. The number of halogens is 1. The highest BCUT2D eigenvalue weighted by molar-refractivity contribution is 7.12. The summed E-state index contributed by atoms with van der Waals surface area (Å²) in [4.78, 5) is 33.9. The molecule has 4 rings (SSSR count). The van der Waals surface area contributed by atoms with Gasteiger partial charge in [0.05, 0.1) is 27.5 Å². The molecule has 0 saturated carbocycles. The molecule has 1 amide bonds. The van der Waals surface area contributed by atoms with Gasteiger partial charge in [-0.3, -0.25) is 14.2 Å². The zero-order chi connectivity index (χ0) is 22.1. The molecule has 2 aromatic heterocycles. The molecule has 0 radical (unpaired) electrons. The summed E-state index contributed by atoms with van der Waals surface area (Å²) in [6.07, 6.45) is 0. The maximum atomic E-state index is 13.5. The SMILES string of the molecule is CCN(C(=O)c1cccs1)C(C)c1nc2cc(Cl)ccc2c(=O)n1-c1ccc(C)cc1. The number of aromatic nitrogens is 2. The van der Waals surface area contributed by atoms with Gasteiger partial charge in [0.1, 0.15) is 5.82 Å². The molecule has 2 aromatic carbocycles. The number of rotatable bonds is 5. The number of hydrogen-bond acceptors (Lipinski definition) is 4. The third-order valence-corrected chi connectivity index (χ3v) is 6.42. The van der Waals surface area contributed by atoms with E-state index >= 15 is 0 Å². The van der Waals surface area contributed by atoms with E-state index < -0.39 is 6.04 Å². The molecular formula is C24H22ClN3O2S. The van der Waals surface area contributed by atoms with Crippen molar-refractivity contribution in [2.75, 3.05) is 6.54 Å². The third-order valence-electron chi connectivity index (χ3n) is 5.32. The van der Waals surface area contributed by atoms with Crippen molar-refractivity contribution in [2.24, 2.45) is 0 Å². The van der Waals surface area contributed by atoms with Crippen LogP contribution in [0.3, 0.4) is 0 Å². The third kappa shape index (κ3) is 4.01. The van der Waals surface area contributed by atoms with Crippen LogP contribution >= 0.6 is 22.9 Å². The van der Waals surface area contributed by atoms with E-state index in [4.69, 9.17) is 16.6 Å². The highest BCUT2D eigenvalue weighted by Crippen LogP contribution is 2.26. The van der Waals surface area contributed by atoms with Gasteiger partial charge in [-0.25, -0.2) is 4.98 Å². The molecule has 7 heteroatoms. The predicted molar refractivity (Wildman–Crippen MR) is 127 cm³/mol. The van der Waals surface area contributed by atoms with Gasteiger partial charge in [-0.2, -0.15) is 0 Å². The fourth-order valence-electron chi connectivity index (χ4n) is 3.67. The average Bonchev–Trinajstić information content (AvgIpc) is 3.29. The Balaban J connectivity index is 1.94. The van der Waals surface area contributed by atoms with Crippen LogP contribution in [-0.4, -0.2) is 26.9 Å². The van der Waals surface area contributed by atoms with Crippen LogP contribution in [0, 0.1) is 6.92 Å². The fourth-order valence-corrected chi connectivity index (χ4v) is 4.52. The van der Waals surface area contributed by atoms with Crippen LogP contribution in [0.25, 0.3) is 16.6 Å². The second kappa shape index (κ2) is 8.65. The minimum atomic E-state index is -0.433. The summed E-state index contributed by atoms with van der Waals surface area (Å²) in [5, 5.41) is 2.87. The smallest absolute Gasteiger partial charge is 0.266 e. The zero-order valence-corrected chi connectivity index (χ0v) is 19.1. The van der Waals surface area contributed by atoms with Crippen molar-refractivity contribution in [2.45, 2.75) is 26.8 Å². The Labute approximate surface area is 189 Å². The van der Waals surface area contributed by atoms with Crippen molar-refractivity contribution in [3.63, 3.8) is 0 Å². The molecule has 2 heterocycles. The molecule has 4 aromatic rings. The first-order valence-electron chi connectivity index (χ1n) is 10.0. The molecule has 0 N–H and O–H groups in total. The monoisotopic (exact) mass is 451 g/mol. The molecule has 31 heavy (non-hydrogen) atoms. The Bertz CT molecular complexity index is 1300. The van der Waals surface area contributed by atoms with Gasteiger partial charge in [-0.1, -0.05) is 35.4 Å². The summed E-state index contributed by atoms with van der Waals surface area (Å²) in [5.74, 6) is 0.413. The van der Waals surface area contributed by atoms with Crippen molar-refractivity contribution in [3.05, 3.63) is 91.6 Å². The largest absolute Gasteiger partial charge is 0.328 e.